The zero-order chi connectivity index (χ0) is 11.5. The lowest BCUT2D eigenvalue weighted by molar-refractivity contribution is -0.131. The molecule has 0 saturated carbocycles. The minimum atomic E-state index is -0.233. The summed E-state index contributed by atoms with van der Waals surface area (Å²) in [5.74, 6) is 0.771. The highest BCUT2D eigenvalue weighted by Crippen LogP contribution is 2.21. The van der Waals surface area contributed by atoms with Crippen molar-refractivity contribution < 1.29 is 14.6 Å². The number of likely N-dealkylation sites (tertiary alicyclic amines) is 1. The molecule has 4 nitrogen and oxygen atoms in total. The van der Waals surface area contributed by atoms with Crippen molar-refractivity contribution in [2.75, 3.05) is 32.8 Å². The first kappa shape index (κ1) is 12.0. The lowest BCUT2D eigenvalue weighted by Gasteiger charge is -2.26. The lowest BCUT2D eigenvalue weighted by atomic mass is 10.00. The quantitative estimate of drug-likeness (QED) is 0.753. The molecular weight excluding hydrogens is 206 g/mol. The summed E-state index contributed by atoms with van der Waals surface area (Å²) >= 11 is 0. The van der Waals surface area contributed by atoms with Crippen LogP contribution in [-0.4, -0.2) is 54.7 Å². The summed E-state index contributed by atoms with van der Waals surface area (Å²) in [6.45, 7) is 5.74. The molecule has 0 aromatic heterocycles. The normalized spacial score (nSPS) is 34.2. The Morgan fingerprint density at radius 3 is 3.06 bits per heavy atom. The van der Waals surface area contributed by atoms with Crippen LogP contribution in [0.2, 0.25) is 0 Å². The molecule has 0 bridgehead atoms. The fraction of sp³-hybridized carbons (Fsp3) is 0.917. The molecule has 92 valence electrons. The van der Waals surface area contributed by atoms with Gasteiger partial charge in [0.2, 0.25) is 0 Å². The highest BCUT2D eigenvalue weighted by Gasteiger charge is 2.30. The molecule has 3 unspecified atom stereocenters. The molecule has 16 heavy (non-hydrogen) atoms. The van der Waals surface area contributed by atoms with Gasteiger partial charge in [0.1, 0.15) is 5.78 Å². The van der Waals surface area contributed by atoms with Crippen LogP contribution in [0, 0.1) is 11.8 Å². The van der Waals surface area contributed by atoms with E-state index in [1.807, 2.05) is 6.92 Å². The molecule has 2 rings (SSSR count). The van der Waals surface area contributed by atoms with E-state index in [0.717, 1.165) is 26.1 Å². The average Bonchev–Trinajstić information content (AvgIpc) is 2.70. The molecule has 2 fully saturated rings. The Morgan fingerprint density at radius 1 is 1.62 bits per heavy atom. The van der Waals surface area contributed by atoms with E-state index in [2.05, 4.69) is 4.90 Å². The number of hydrogen-bond acceptors (Lipinski definition) is 4. The molecule has 0 aromatic rings. The van der Waals surface area contributed by atoms with Crippen molar-refractivity contribution in [1.29, 1.82) is 0 Å². The second-order valence-electron chi connectivity index (χ2n) is 5.04. The minimum absolute atomic E-state index is 0.0569. The molecule has 0 aromatic carbocycles. The van der Waals surface area contributed by atoms with Crippen molar-refractivity contribution in [3.63, 3.8) is 0 Å². The summed E-state index contributed by atoms with van der Waals surface area (Å²) in [4.78, 5) is 13.9. The number of hydrogen-bond donors (Lipinski definition) is 1. The van der Waals surface area contributed by atoms with Crippen LogP contribution in [-0.2, 0) is 9.53 Å². The van der Waals surface area contributed by atoms with Crippen LogP contribution in [0.15, 0.2) is 0 Å². The molecule has 0 radical (unpaired) electrons. The Kier molecular flexibility index (Phi) is 3.95. The molecule has 1 N–H and O–H groups in total. The van der Waals surface area contributed by atoms with Crippen LogP contribution >= 0.6 is 0 Å². The molecular formula is C12H21NO3. The van der Waals surface area contributed by atoms with E-state index < -0.39 is 0 Å². The van der Waals surface area contributed by atoms with E-state index in [9.17, 15) is 9.90 Å². The molecule has 2 aliphatic rings. The summed E-state index contributed by atoms with van der Waals surface area (Å²) in [5.41, 5.74) is 0. The Balaban J connectivity index is 1.80. The van der Waals surface area contributed by atoms with Gasteiger partial charge in [-0.05, 0) is 25.8 Å². The zero-order valence-corrected chi connectivity index (χ0v) is 9.89. The summed E-state index contributed by atoms with van der Waals surface area (Å²) in [5, 5.41) is 9.51. The van der Waals surface area contributed by atoms with Gasteiger partial charge in [-0.1, -0.05) is 0 Å². The predicted octanol–water partition coefficient (Wildman–Crippen LogP) is 0.295. The molecule has 2 saturated heterocycles. The Bertz CT molecular complexity index is 255. The maximum Gasteiger partial charge on any atom is 0.141 e. The van der Waals surface area contributed by atoms with Crippen molar-refractivity contribution >= 4 is 5.78 Å². The summed E-state index contributed by atoms with van der Waals surface area (Å²) in [7, 11) is 0. The Labute approximate surface area is 96.6 Å². The van der Waals surface area contributed by atoms with Crippen molar-refractivity contribution in [2.24, 2.45) is 11.8 Å². The molecule has 2 aliphatic heterocycles. The Morgan fingerprint density at radius 2 is 2.44 bits per heavy atom. The van der Waals surface area contributed by atoms with Gasteiger partial charge in [-0.3, -0.25) is 4.79 Å². The predicted molar refractivity (Wildman–Crippen MR) is 60.2 cm³/mol. The van der Waals surface area contributed by atoms with Crippen LogP contribution in [0.3, 0.4) is 0 Å². The second kappa shape index (κ2) is 5.25. The van der Waals surface area contributed by atoms with Crippen molar-refractivity contribution in [3.8, 4) is 0 Å². The lowest BCUT2D eigenvalue weighted by Crippen LogP contribution is -2.38. The second-order valence-corrected chi connectivity index (χ2v) is 5.04. The molecule has 0 aliphatic carbocycles. The number of ether oxygens (including phenoxy) is 1. The smallest absolute Gasteiger partial charge is 0.141 e. The first-order chi connectivity index (χ1) is 7.66. The molecule has 0 amide bonds. The fourth-order valence-corrected chi connectivity index (χ4v) is 2.58. The van der Waals surface area contributed by atoms with E-state index in [4.69, 9.17) is 4.74 Å². The number of nitrogens with zero attached hydrogens (tertiary/aromatic N) is 1. The molecule has 2 heterocycles. The van der Waals surface area contributed by atoms with Crippen LogP contribution in [0.5, 0.6) is 0 Å². The zero-order valence-electron chi connectivity index (χ0n) is 9.89. The van der Waals surface area contributed by atoms with Crippen LogP contribution in [0.1, 0.15) is 19.8 Å². The van der Waals surface area contributed by atoms with Crippen molar-refractivity contribution in [3.05, 3.63) is 0 Å². The summed E-state index contributed by atoms with van der Waals surface area (Å²) in [6, 6.07) is 0. The van der Waals surface area contributed by atoms with Gasteiger partial charge in [-0.25, -0.2) is 0 Å². The maximum atomic E-state index is 11.6. The first-order valence-electron chi connectivity index (χ1n) is 6.17. The van der Waals surface area contributed by atoms with Gasteiger partial charge in [0.05, 0.1) is 25.2 Å². The van der Waals surface area contributed by atoms with Crippen molar-refractivity contribution in [1.82, 2.24) is 4.90 Å². The van der Waals surface area contributed by atoms with Gasteiger partial charge in [0.15, 0.2) is 0 Å². The molecule has 0 spiro atoms. The van der Waals surface area contributed by atoms with E-state index in [-0.39, 0.29) is 12.0 Å². The fourth-order valence-electron chi connectivity index (χ4n) is 2.58. The Hall–Kier alpha value is -0.450. The molecule has 3 atom stereocenters. The number of aliphatic hydroxyl groups is 1. The van der Waals surface area contributed by atoms with Gasteiger partial charge < -0.3 is 14.7 Å². The monoisotopic (exact) mass is 227 g/mol. The van der Waals surface area contributed by atoms with E-state index >= 15 is 0 Å². The minimum Gasteiger partial charge on any atom is -0.393 e. The molecule has 4 heteroatoms. The highest BCUT2D eigenvalue weighted by atomic mass is 16.5. The highest BCUT2D eigenvalue weighted by molar-refractivity contribution is 5.82. The third-order valence-corrected chi connectivity index (χ3v) is 3.74. The van der Waals surface area contributed by atoms with Crippen LogP contribution in [0.25, 0.3) is 0 Å². The van der Waals surface area contributed by atoms with E-state index in [1.54, 1.807) is 0 Å². The largest absolute Gasteiger partial charge is 0.393 e. The standard InChI is InChI=1S/C12H21NO3/c1-9(14)10-2-4-13(6-10)7-11-8-16-5-3-12(11)15/h9-11,14H,2-8H2,1H3. The van der Waals surface area contributed by atoms with Crippen LogP contribution in [0.4, 0.5) is 0 Å². The summed E-state index contributed by atoms with van der Waals surface area (Å²) in [6.07, 6.45) is 1.38. The number of ketones is 1. The third-order valence-electron chi connectivity index (χ3n) is 3.74. The number of aliphatic hydroxyl groups excluding tert-OH is 1. The maximum absolute atomic E-state index is 11.6. The van der Waals surface area contributed by atoms with Crippen molar-refractivity contribution in [2.45, 2.75) is 25.9 Å². The van der Waals surface area contributed by atoms with E-state index in [0.29, 0.717) is 31.3 Å². The van der Waals surface area contributed by atoms with Crippen LogP contribution < -0.4 is 0 Å². The number of rotatable bonds is 3. The SMILES string of the molecule is CC(O)C1CCN(CC2COCCC2=O)C1. The number of Topliss-reactive ketones (excluding diaryl/α,β-unsaturated/α-hetero) is 1. The van der Waals surface area contributed by atoms with Gasteiger partial charge in [-0.2, -0.15) is 0 Å². The van der Waals surface area contributed by atoms with E-state index in [1.165, 1.54) is 0 Å². The topological polar surface area (TPSA) is 49.8 Å². The average molecular weight is 227 g/mol. The van der Waals surface area contributed by atoms with Gasteiger partial charge in [0, 0.05) is 19.5 Å². The number of carbonyl (C=O) groups excluding carboxylic acids is 1. The van der Waals surface area contributed by atoms with Gasteiger partial charge in [0.25, 0.3) is 0 Å². The summed E-state index contributed by atoms with van der Waals surface area (Å²) < 4.78 is 5.34. The van der Waals surface area contributed by atoms with Gasteiger partial charge >= 0.3 is 0 Å². The third kappa shape index (κ3) is 2.81. The number of carbonyl (C=O) groups is 1. The van der Waals surface area contributed by atoms with Gasteiger partial charge in [-0.15, -0.1) is 0 Å². The first-order valence-corrected chi connectivity index (χ1v) is 6.17.